The molecule has 0 fully saturated rings. The fourth-order valence-corrected chi connectivity index (χ4v) is 2.42. The Morgan fingerprint density at radius 1 is 1.50 bits per heavy atom. The van der Waals surface area contributed by atoms with Crippen LogP contribution in [0.25, 0.3) is 0 Å². The van der Waals surface area contributed by atoms with Crippen LogP contribution < -0.4 is 16.4 Å². The number of carbonyl (C=O) groups is 1. The summed E-state index contributed by atoms with van der Waals surface area (Å²) in [6.07, 6.45) is 3.06. The van der Waals surface area contributed by atoms with Gasteiger partial charge in [0.2, 0.25) is 0 Å². The van der Waals surface area contributed by atoms with Crippen molar-refractivity contribution in [1.82, 2.24) is 20.3 Å². The van der Waals surface area contributed by atoms with Crippen LogP contribution >= 0.6 is 11.3 Å². The average Bonchev–Trinajstić information content (AvgIpc) is 2.77. The maximum atomic E-state index is 12.0. The van der Waals surface area contributed by atoms with Gasteiger partial charge in [-0.2, -0.15) is 0 Å². The van der Waals surface area contributed by atoms with Gasteiger partial charge in [-0.25, -0.2) is 15.0 Å². The first-order valence-electron chi connectivity index (χ1n) is 6.12. The molecule has 2 aromatic rings. The summed E-state index contributed by atoms with van der Waals surface area (Å²) in [6.45, 7) is 4.31. The van der Waals surface area contributed by atoms with Crippen LogP contribution in [-0.4, -0.2) is 26.9 Å². The zero-order chi connectivity index (χ0) is 14.5. The van der Waals surface area contributed by atoms with Crippen LogP contribution in [-0.2, 0) is 6.54 Å². The van der Waals surface area contributed by atoms with Gasteiger partial charge in [0.15, 0.2) is 5.13 Å². The van der Waals surface area contributed by atoms with Crippen LogP contribution in [0.3, 0.4) is 0 Å². The second-order valence-electron chi connectivity index (χ2n) is 4.42. The molecule has 0 aromatic carbocycles. The number of nitrogens with one attached hydrogen (secondary N) is 2. The number of hydrogen-bond acceptors (Lipinski definition) is 7. The number of carbonyl (C=O) groups excluding carboxylic acids is 1. The first-order valence-corrected chi connectivity index (χ1v) is 6.94. The Morgan fingerprint density at radius 3 is 2.95 bits per heavy atom. The molecule has 0 unspecified atom stereocenters. The Bertz CT molecular complexity index is 583. The number of rotatable bonds is 5. The minimum absolute atomic E-state index is 0.234. The summed E-state index contributed by atoms with van der Waals surface area (Å²) in [5.41, 5.74) is 6.49. The smallest absolute Gasteiger partial charge is 0.265 e. The summed E-state index contributed by atoms with van der Waals surface area (Å²) >= 11 is 1.24. The van der Waals surface area contributed by atoms with Crippen molar-refractivity contribution in [2.24, 2.45) is 0 Å². The van der Waals surface area contributed by atoms with E-state index in [1.165, 1.54) is 17.7 Å². The summed E-state index contributed by atoms with van der Waals surface area (Å²) in [5, 5.41) is 6.52. The molecule has 0 bridgehead atoms. The van der Waals surface area contributed by atoms with E-state index < -0.39 is 0 Å². The van der Waals surface area contributed by atoms with E-state index in [1.54, 1.807) is 12.3 Å². The van der Waals surface area contributed by atoms with Crippen LogP contribution in [0.2, 0.25) is 0 Å². The van der Waals surface area contributed by atoms with E-state index in [0.717, 1.165) is 5.69 Å². The van der Waals surface area contributed by atoms with E-state index in [9.17, 15) is 4.79 Å². The molecule has 1 amide bonds. The molecule has 2 aromatic heterocycles. The zero-order valence-corrected chi connectivity index (χ0v) is 12.1. The van der Waals surface area contributed by atoms with Gasteiger partial charge in [0, 0.05) is 12.2 Å². The number of nitrogens with zero attached hydrogens (tertiary/aromatic N) is 3. The molecule has 0 radical (unpaired) electrons. The number of nitrogen functional groups attached to an aromatic ring is 1. The van der Waals surface area contributed by atoms with Crippen molar-refractivity contribution in [2.45, 2.75) is 26.4 Å². The monoisotopic (exact) mass is 292 g/mol. The molecule has 0 aliphatic heterocycles. The first-order chi connectivity index (χ1) is 9.56. The highest BCUT2D eigenvalue weighted by Gasteiger charge is 2.16. The van der Waals surface area contributed by atoms with E-state index >= 15 is 0 Å². The highest BCUT2D eigenvalue weighted by Crippen LogP contribution is 2.25. The highest BCUT2D eigenvalue weighted by atomic mass is 32.1. The van der Waals surface area contributed by atoms with Crippen molar-refractivity contribution in [2.75, 3.05) is 11.1 Å². The normalized spacial score (nSPS) is 10.6. The molecule has 0 spiro atoms. The van der Waals surface area contributed by atoms with Gasteiger partial charge < -0.3 is 16.4 Å². The van der Waals surface area contributed by atoms with Gasteiger partial charge in [0.1, 0.15) is 17.0 Å². The second kappa shape index (κ2) is 6.29. The van der Waals surface area contributed by atoms with Gasteiger partial charge >= 0.3 is 0 Å². The highest BCUT2D eigenvalue weighted by molar-refractivity contribution is 7.18. The molecule has 20 heavy (non-hydrogen) atoms. The van der Waals surface area contributed by atoms with Gasteiger partial charge in [0.25, 0.3) is 5.91 Å². The summed E-state index contributed by atoms with van der Waals surface area (Å²) in [7, 11) is 0. The largest absolute Gasteiger partial charge is 0.382 e. The van der Waals surface area contributed by atoms with Crippen LogP contribution in [0.4, 0.5) is 10.9 Å². The molecular weight excluding hydrogens is 276 g/mol. The summed E-state index contributed by atoms with van der Waals surface area (Å²) in [6, 6.07) is 1.97. The van der Waals surface area contributed by atoms with E-state index in [4.69, 9.17) is 5.73 Å². The van der Waals surface area contributed by atoms with Crippen molar-refractivity contribution in [1.29, 1.82) is 0 Å². The Kier molecular flexibility index (Phi) is 4.46. The van der Waals surface area contributed by atoms with Gasteiger partial charge in [-0.1, -0.05) is 11.3 Å². The standard InChI is InChI=1S/C12H16N6OS/c1-7(2)17-12-18-10(13)9(20-12)11(19)15-5-8-3-4-14-6-16-8/h3-4,6-7H,5,13H2,1-2H3,(H,15,19)(H,17,18). The third-order valence-corrected chi connectivity index (χ3v) is 3.35. The summed E-state index contributed by atoms with van der Waals surface area (Å²) < 4.78 is 0. The van der Waals surface area contributed by atoms with Crippen LogP contribution in [0.1, 0.15) is 29.2 Å². The number of amides is 1. The quantitative estimate of drug-likeness (QED) is 0.766. The van der Waals surface area contributed by atoms with Crippen LogP contribution in [0.15, 0.2) is 18.6 Å². The lowest BCUT2D eigenvalue weighted by atomic mass is 10.4. The van der Waals surface area contributed by atoms with Crippen molar-refractivity contribution in [3.8, 4) is 0 Å². The molecule has 0 aliphatic rings. The topological polar surface area (TPSA) is 106 Å². The van der Waals surface area contributed by atoms with Gasteiger partial charge in [-0.3, -0.25) is 4.79 Å². The Hall–Kier alpha value is -2.22. The van der Waals surface area contributed by atoms with Gasteiger partial charge in [-0.05, 0) is 19.9 Å². The molecule has 0 saturated carbocycles. The number of hydrogen-bond donors (Lipinski definition) is 3. The molecule has 2 rings (SSSR count). The van der Waals surface area contributed by atoms with Crippen LogP contribution in [0.5, 0.6) is 0 Å². The molecule has 0 aliphatic carbocycles. The third kappa shape index (κ3) is 3.64. The minimum atomic E-state index is -0.254. The predicted molar refractivity (Wildman–Crippen MR) is 78.5 cm³/mol. The van der Waals surface area contributed by atoms with Crippen molar-refractivity contribution in [3.05, 3.63) is 29.2 Å². The van der Waals surface area contributed by atoms with E-state index in [2.05, 4.69) is 25.6 Å². The Labute approximate surface area is 120 Å². The van der Waals surface area contributed by atoms with E-state index in [0.29, 0.717) is 16.6 Å². The van der Waals surface area contributed by atoms with Crippen molar-refractivity contribution >= 4 is 28.2 Å². The molecule has 4 N–H and O–H groups in total. The molecule has 106 valence electrons. The zero-order valence-electron chi connectivity index (χ0n) is 11.3. The van der Waals surface area contributed by atoms with Gasteiger partial charge in [-0.15, -0.1) is 0 Å². The second-order valence-corrected chi connectivity index (χ2v) is 5.41. The summed E-state index contributed by atoms with van der Waals surface area (Å²) in [4.78, 5) is 24.4. The summed E-state index contributed by atoms with van der Waals surface area (Å²) in [5.74, 6) is -0.0197. The number of thiazole rings is 1. The minimum Gasteiger partial charge on any atom is -0.382 e. The fourth-order valence-electron chi connectivity index (χ4n) is 1.48. The Morgan fingerprint density at radius 2 is 2.30 bits per heavy atom. The van der Waals surface area contributed by atoms with Crippen molar-refractivity contribution < 1.29 is 4.79 Å². The fraction of sp³-hybridized carbons (Fsp3) is 0.333. The lowest BCUT2D eigenvalue weighted by molar-refractivity contribution is 0.0955. The molecule has 0 atom stereocenters. The number of aromatic nitrogens is 3. The lowest BCUT2D eigenvalue weighted by Gasteiger charge is -2.04. The number of anilines is 2. The average molecular weight is 292 g/mol. The van der Waals surface area contributed by atoms with E-state index in [1.807, 2.05) is 13.8 Å². The maximum Gasteiger partial charge on any atom is 0.265 e. The molecule has 7 nitrogen and oxygen atoms in total. The molecular formula is C12H16N6OS. The number of nitrogens with two attached hydrogens (primary N) is 1. The molecule has 2 heterocycles. The Balaban J connectivity index is 2.00. The maximum absolute atomic E-state index is 12.0. The molecule has 8 heteroatoms. The predicted octanol–water partition coefficient (Wildman–Crippen LogP) is 1.27. The SMILES string of the molecule is CC(C)Nc1nc(N)c(C(=O)NCc2ccncn2)s1. The van der Waals surface area contributed by atoms with E-state index in [-0.39, 0.29) is 17.8 Å². The third-order valence-electron chi connectivity index (χ3n) is 2.35. The first kappa shape index (κ1) is 14.2. The van der Waals surface area contributed by atoms with Crippen molar-refractivity contribution in [3.63, 3.8) is 0 Å². The van der Waals surface area contributed by atoms with Gasteiger partial charge in [0.05, 0.1) is 12.2 Å². The van der Waals surface area contributed by atoms with Crippen LogP contribution in [0, 0.1) is 0 Å². The molecule has 0 saturated heterocycles. The lowest BCUT2D eigenvalue weighted by Crippen LogP contribution is -2.23.